The highest BCUT2D eigenvalue weighted by Gasteiger charge is 2.24. The van der Waals surface area contributed by atoms with E-state index in [0.717, 1.165) is 18.4 Å². The fourth-order valence-corrected chi connectivity index (χ4v) is 4.21. The van der Waals surface area contributed by atoms with E-state index in [1.165, 1.54) is 5.56 Å². The number of ether oxygens (including phenoxy) is 3. The lowest BCUT2D eigenvalue weighted by Crippen LogP contribution is -2.50. The molecule has 0 aromatic heterocycles. The summed E-state index contributed by atoms with van der Waals surface area (Å²) in [5.74, 6) is 1.98. The molecule has 0 atom stereocenters. The van der Waals surface area contributed by atoms with E-state index >= 15 is 0 Å². The molecule has 1 aliphatic rings. The topological polar surface area (TPSA) is 68.3 Å². The van der Waals surface area contributed by atoms with Crippen LogP contribution in [-0.4, -0.2) is 69.1 Å². The van der Waals surface area contributed by atoms with Crippen molar-refractivity contribution in [2.45, 2.75) is 32.1 Å². The van der Waals surface area contributed by atoms with Crippen LogP contribution in [0.4, 0.5) is 0 Å². The number of aryl methyl sites for hydroxylation is 2. The molecule has 1 fully saturated rings. The molecule has 1 aliphatic heterocycles. The van der Waals surface area contributed by atoms with Crippen LogP contribution in [0.5, 0.6) is 17.2 Å². The molecule has 2 aromatic carbocycles. The zero-order valence-corrected chi connectivity index (χ0v) is 19.8. The number of piperazine rings is 1. The molecular weight excluding hydrogens is 420 g/mol. The zero-order valence-electron chi connectivity index (χ0n) is 19.8. The number of carbonyl (C=O) groups excluding carboxylic acids is 2. The standard InChI is InChI=1S/C26H34N2O5/c1-31-22-14-12-21(25(32-2)26(22)33-3)13-15-24(30)28-18-16-27(17-19-28)23(29)11-7-10-20-8-5-4-6-9-20/h4-6,8-9,12,14H,7,10-11,13,15-19H2,1-3H3. The first-order chi connectivity index (χ1) is 16.1. The molecule has 0 bridgehead atoms. The van der Waals surface area contributed by atoms with Crippen LogP contribution >= 0.6 is 0 Å². The van der Waals surface area contributed by atoms with Gasteiger partial charge in [-0.2, -0.15) is 0 Å². The Hall–Kier alpha value is -3.22. The summed E-state index contributed by atoms with van der Waals surface area (Å²) in [6.45, 7) is 2.34. The summed E-state index contributed by atoms with van der Waals surface area (Å²) in [5.41, 5.74) is 2.16. The monoisotopic (exact) mass is 454 g/mol. The third-order valence-corrected chi connectivity index (χ3v) is 6.08. The Kier molecular flexibility index (Phi) is 8.98. The van der Waals surface area contributed by atoms with Crippen LogP contribution < -0.4 is 14.2 Å². The smallest absolute Gasteiger partial charge is 0.223 e. The molecule has 2 amide bonds. The van der Waals surface area contributed by atoms with Gasteiger partial charge in [0.05, 0.1) is 21.3 Å². The highest BCUT2D eigenvalue weighted by molar-refractivity contribution is 5.78. The van der Waals surface area contributed by atoms with Crippen molar-refractivity contribution < 1.29 is 23.8 Å². The molecule has 7 nitrogen and oxygen atoms in total. The van der Waals surface area contributed by atoms with E-state index in [9.17, 15) is 9.59 Å². The highest BCUT2D eigenvalue weighted by atomic mass is 16.5. The Morgan fingerprint density at radius 3 is 1.91 bits per heavy atom. The van der Waals surface area contributed by atoms with Crippen LogP contribution in [0.2, 0.25) is 0 Å². The molecule has 0 spiro atoms. The van der Waals surface area contributed by atoms with Gasteiger partial charge in [0.2, 0.25) is 17.6 Å². The Labute approximate surface area is 196 Å². The Morgan fingerprint density at radius 2 is 1.33 bits per heavy atom. The van der Waals surface area contributed by atoms with Crippen molar-refractivity contribution in [2.75, 3.05) is 47.5 Å². The van der Waals surface area contributed by atoms with Gasteiger partial charge in [0.25, 0.3) is 0 Å². The maximum absolute atomic E-state index is 12.8. The lowest BCUT2D eigenvalue weighted by atomic mass is 10.1. The lowest BCUT2D eigenvalue weighted by Gasteiger charge is -2.35. The van der Waals surface area contributed by atoms with Gasteiger partial charge in [-0.15, -0.1) is 0 Å². The second kappa shape index (κ2) is 12.1. The average Bonchev–Trinajstić information content (AvgIpc) is 2.87. The number of amides is 2. The zero-order chi connectivity index (χ0) is 23.6. The third kappa shape index (κ3) is 6.40. The molecule has 1 heterocycles. The number of benzene rings is 2. The SMILES string of the molecule is COc1ccc(CCC(=O)N2CCN(C(=O)CCCc3ccccc3)CC2)c(OC)c1OC. The summed E-state index contributed by atoms with van der Waals surface area (Å²) in [4.78, 5) is 29.1. The molecule has 7 heteroatoms. The Balaban J connectivity index is 1.44. The van der Waals surface area contributed by atoms with Crippen molar-refractivity contribution in [3.63, 3.8) is 0 Å². The van der Waals surface area contributed by atoms with Crippen molar-refractivity contribution >= 4 is 11.8 Å². The number of nitrogens with zero attached hydrogens (tertiary/aromatic N) is 2. The largest absolute Gasteiger partial charge is 0.493 e. The summed E-state index contributed by atoms with van der Waals surface area (Å²) in [7, 11) is 4.73. The minimum Gasteiger partial charge on any atom is -0.493 e. The van der Waals surface area contributed by atoms with E-state index in [1.807, 2.05) is 40.1 Å². The maximum atomic E-state index is 12.8. The third-order valence-electron chi connectivity index (χ3n) is 6.08. The molecule has 33 heavy (non-hydrogen) atoms. The van der Waals surface area contributed by atoms with E-state index in [0.29, 0.717) is 62.7 Å². The van der Waals surface area contributed by atoms with Crippen molar-refractivity contribution in [1.29, 1.82) is 0 Å². The van der Waals surface area contributed by atoms with E-state index in [4.69, 9.17) is 14.2 Å². The molecule has 0 saturated carbocycles. The molecular formula is C26H34N2O5. The Morgan fingerprint density at radius 1 is 0.727 bits per heavy atom. The number of rotatable bonds is 10. The first-order valence-corrected chi connectivity index (χ1v) is 11.4. The molecule has 0 unspecified atom stereocenters. The average molecular weight is 455 g/mol. The van der Waals surface area contributed by atoms with Crippen LogP contribution in [0.15, 0.2) is 42.5 Å². The minimum atomic E-state index is 0.0861. The number of hydrogen-bond acceptors (Lipinski definition) is 5. The first-order valence-electron chi connectivity index (χ1n) is 11.4. The van der Waals surface area contributed by atoms with Crippen molar-refractivity contribution in [1.82, 2.24) is 9.80 Å². The highest BCUT2D eigenvalue weighted by Crippen LogP contribution is 2.40. The van der Waals surface area contributed by atoms with Gasteiger partial charge in [-0.05, 0) is 36.5 Å². The van der Waals surface area contributed by atoms with Gasteiger partial charge in [-0.3, -0.25) is 9.59 Å². The van der Waals surface area contributed by atoms with E-state index in [2.05, 4.69) is 12.1 Å². The predicted octanol–water partition coefficient (Wildman–Crippen LogP) is 3.34. The summed E-state index contributed by atoms with van der Waals surface area (Å²) in [6.07, 6.45) is 3.21. The lowest BCUT2D eigenvalue weighted by molar-refractivity contribution is -0.139. The summed E-state index contributed by atoms with van der Waals surface area (Å²) >= 11 is 0. The molecule has 0 N–H and O–H groups in total. The van der Waals surface area contributed by atoms with Gasteiger partial charge in [-0.25, -0.2) is 0 Å². The van der Waals surface area contributed by atoms with Crippen LogP contribution in [0.25, 0.3) is 0 Å². The van der Waals surface area contributed by atoms with Crippen LogP contribution in [0.1, 0.15) is 30.4 Å². The summed E-state index contributed by atoms with van der Waals surface area (Å²) < 4.78 is 16.3. The van der Waals surface area contributed by atoms with E-state index < -0.39 is 0 Å². The van der Waals surface area contributed by atoms with Gasteiger partial charge < -0.3 is 24.0 Å². The van der Waals surface area contributed by atoms with Gasteiger partial charge in [0, 0.05) is 39.0 Å². The van der Waals surface area contributed by atoms with Crippen molar-refractivity contribution in [3.05, 3.63) is 53.6 Å². The van der Waals surface area contributed by atoms with Gasteiger partial charge in [0.1, 0.15) is 0 Å². The Bertz CT molecular complexity index is 924. The quantitative estimate of drug-likeness (QED) is 0.551. The van der Waals surface area contributed by atoms with Gasteiger partial charge >= 0.3 is 0 Å². The molecule has 3 rings (SSSR count). The van der Waals surface area contributed by atoms with Crippen molar-refractivity contribution in [3.8, 4) is 17.2 Å². The molecule has 0 radical (unpaired) electrons. The second-order valence-electron chi connectivity index (χ2n) is 8.09. The molecule has 0 aliphatic carbocycles. The van der Waals surface area contributed by atoms with Gasteiger partial charge in [-0.1, -0.05) is 36.4 Å². The maximum Gasteiger partial charge on any atom is 0.223 e. The number of carbonyl (C=O) groups is 2. The summed E-state index contributed by atoms with van der Waals surface area (Å²) in [5, 5.41) is 0. The van der Waals surface area contributed by atoms with E-state index in [1.54, 1.807) is 21.3 Å². The normalized spacial score (nSPS) is 13.5. The first kappa shape index (κ1) is 24.4. The van der Waals surface area contributed by atoms with Gasteiger partial charge in [0.15, 0.2) is 11.5 Å². The summed E-state index contributed by atoms with van der Waals surface area (Å²) in [6, 6.07) is 13.9. The minimum absolute atomic E-state index is 0.0861. The number of hydrogen-bond donors (Lipinski definition) is 0. The number of methoxy groups -OCH3 is 3. The van der Waals surface area contributed by atoms with Crippen LogP contribution in [0, 0.1) is 0 Å². The predicted molar refractivity (Wildman–Crippen MR) is 127 cm³/mol. The molecule has 2 aromatic rings. The van der Waals surface area contributed by atoms with E-state index in [-0.39, 0.29) is 11.8 Å². The van der Waals surface area contributed by atoms with Crippen LogP contribution in [-0.2, 0) is 22.4 Å². The second-order valence-corrected chi connectivity index (χ2v) is 8.09. The molecule has 1 saturated heterocycles. The molecule has 178 valence electrons. The fraction of sp³-hybridized carbons (Fsp3) is 0.462. The van der Waals surface area contributed by atoms with Crippen molar-refractivity contribution in [2.24, 2.45) is 0 Å². The van der Waals surface area contributed by atoms with Crippen LogP contribution in [0.3, 0.4) is 0 Å². The fourth-order valence-electron chi connectivity index (χ4n) is 4.21.